The largest absolute Gasteiger partial charge is 0.369 e. The fourth-order valence-corrected chi connectivity index (χ4v) is 6.45. The van der Waals surface area contributed by atoms with Crippen molar-refractivity contribution in [2.45, 2.75) is 19.3 Å². The highest BCUT2D eigenvalue weighted by Crippen LogP contribution is 2.40. The molecule has 2 aromatic heterocycles. The number of primary amides is 1. The first-order chi connectivity index (χ1) is 17.9. The maximum atomic E-state index is 11.8. The Kier molecular flexibility index (Phi) is 7.92. The number of thiophene rings is 1. The minimum absolute atomic E-state index is 0.133. The number of carbonyl (C=O) groups excluding carboxylic acids is 1. The van der Waals surface area contributed by atoms with Crippen LogP contribution in [0.25, 0.3) is 21.3 Å². The van der Waals surface area contributed by atoms with Crippen molar-refractivity contribution < 1.29 is 4.79 Å². The van der Waals surface area contributed by atoms with Crippen LogP contribution in [0.2, 0.25) is 0 Å². The Morgan fingerprint density at radius 2 is 1.76 bits per heavy atom. The Balaban J connectivity index is 1.41. The maximum absolute atomic E-state index is 11.8. The van der Waals surface area contributed by atoms with Crippen LogP contribution in [0.5, 0.6) is 0 Å². The number of amides is 1. The third-order valence-corrected chi connectivity index (χ3v) is 8.65. The van der Waals surface area contributed by atoms with Gasteiger partial charge in [-0.15, -0.1) is 11.3 Å². The van der Waals surface area contributed by atoms with Crippen LogP contribution in [0, 0.1) is 11.8 Å². The average Bonchev–Trinajstić information content (AvgIpc) is 3.56. The molecule has 5 rings (SSSR count). The van der Waals surface area contributed by atoms with Gasteiger partial charge < -0.3 is 25.3 Å². The first-order valence-electron chi connectivity index (χ1n) is 13.4. The summed E-state index contributed by atoms with van der Waals surface area (Å²) in [5, 5.41) is 3.36. The lowest BCUT2D eigenvalue weighted by Crippen LogP contribution is -2.39. The van der Waals surface area contributed by atoms with Gasteiger partial charge in [-0.25, -0.2) is 4.98 Å². The number of aromatic nitrogens is 2. The Hall–Kier alpha value is -2.75. The minimum atomic E-state index is -0.232. The van der Waals surface area contributed by atoms with Gasteiger partial charge in [0, 0.05) is 56.8 Å². The summed E-state index contributed by atoms with van der Waals surface area (Å²) < 4.78 is 0. The quantitative estimate of drug-likeness (QED) is 0.462. The SMILES string of the molecule is CN(C)CCN(C)CC1CCN(c2nc(N3CCC(C(N)=O)C3)nc3scc(-c4ccccc4)c23)CC1. The molecule has 0 bridgehead atoms. The molecule has 37 heavy (non-hydrogen) atoms. The van der Waals surface area contributed by atoms with Gasteiger partial charge in [-0.05, 0) is 51.9 Å². The van der Waals surface area contributed by atoms with E-state index in [2.05, 4.69) is 76.5 Å². The molecule has 0 spiro atoms. The molecule has 2 aliphatic heterocycles. The Labute approximate surface area is 224 Å². The van der Waals surface area contributed by atoms with E-state index >= 15 is 0 Å². The van der Waals surface area contributed by atoms with Crippen LogP contribution < -0.4 is 15.5 Å². The molecule has 0 saturated carbocycles. The normalized spacial score (nSPS) is 19.0. The second kappa shape index (κ2) is 11.3. The summed E-state index contributed by atoms with van der Waals surface area (Å²) in [5.74, 6) is 2.08. The lowest BCUT2D eigenvalue weighted by Gasteiger charge is -2.35. The summed E-state index contributed by atoms with van der Waals surface area (Å²) in [4.78, 5) is 32.3. The molecular formula is C28H39N7OS. The second-order valence-electron chi connectivity index (χ2n) is 10.9. The van der Waals surface area contributed by atoms with Gasteiger partial charge in [0.15, 0.2) is 0 Å². The number of anilines is 2. The Morgan fingerprint density at radius 1 is 1.03 bits per heavy atom. The first-order valence-corrected chi connectivity index (χ1v) is 14.2. The van der Waals surface area contributed by atoms with E-state index in [9.17, 15) is 4.79 Å². The molecule has 0 aliphatic carbocycles. The highest BCUT2D eigenvalue weighted by atomic mass is 32.1. The van der Waals surface area contributed by atoms with Gasteiger partial charge in [-0.1, -0.05) is 30.3 Å². The molecule has 1 aromatic carbocycles. The van der Waals surface area contributed by atoms with Gasteiger partial charge in [0.1, 0.15) is 10.6 Å². The van der Waals surface area contributed by atoms with Crippen molar-refractivity contribution >= 4 is 39.2 Å². The number of carbonyl (C=O) groups is 1. The molecule has 4 heterocycles. The Morgan fingerprint density at radius 3 is 2.43 bits per heavy atom. The van der Waals surface area contributed by atoms with Crippen molar-refractivity contribution in [3.8, 4) is 11.1 Å². The molecule has 2 aliphatic rings. The number of nitrogens with two attached hydrogens (primary N) is 1. The number of piperidine rings is 1. The van der Waals surface area contributed by atoms with Crippen molar-refractivity contribution in [2.24, 2.45) is 17.6 Å². The predicted octanol–water partition coefficient (Wildman–Crippen LogP) is 3.38. The smallest absolute Gasteiger partial charge is 0.228 e. The number of rotatable bonds is 9. The van der Waals surface area contributed by atoms with Crippen LogP contribution in [-0.2, 0) is 4.79 Å². The van der Waals surface area contributed by atoms with E-state index in [4.69, 9.17) is 15.7 Å². The number of fused-ring (bicyclic) bond motifs is 1. The first kappa shape index (κ1) is 25.9. The molecule has 2 fully saturated rings. The molecule has 9 heteroatoms. The molecule has 2 saturated heterocycles. The van der Waals surface area contributed by atoms with Crippen LogP contribution in [0.15, 0.2) is 35.7 Å². The zero-order valence-electron chi connectivity index (χ0n) is 22.3. The monoisotopic (exact) mass is 521 g/mol. The van der Waals surface area contributed by atoms with E-state index < -0.39 is 0 Å². The minimum Gasteiger partial charge on any atom is -0.369 e. The van der Waals surface area contributed by atoms with Crippen molar-refractivity contribution in [3.63, 3.8) is 0 Å². The lowest BCUT2D eigenvalue weighted by atomic mass is 9.96. The highest BCUT2D eigenvalue weighted by molar-refractivity contribution is 7.17. The molecule has 1 atom stereocenters. The standard InChI is InChI=1S/C28H39N7OS/c1-32(2)15-16-33(3)17-20-9-12-34(13-10-20)26-24-23(21-7-5-4-6-8-21)19-37-27(24)31-28(30-26)35-14-11-22(18-35)25(29)36/h4-8,19-20,22H,9-18H2,1-3H3,(H2,29,36). The van der Waals surface area contributed by atoms with E-state index in [0.717, 1.165) is 80.5 Å². The zero-order valence-corrected chi connectivity index (χ0v) is 23.1. The molecule has 2 N–H and O–H groups in total. The molecule has 1 unspecified atom stereocenters. The molecular weight excluding hydrogens is 482 g/mol. The predicted molar refractivity (Wildman–Crippen MR) is 153 cm³/mol. The van der Waals surface area contributed by atoms with Gasteiger partial charge >= 0.3 is 0 Å². The maximum Gasteiger partial charge on any atom is 0.228 e. The van der Waals surface area contributed by atoms with Crippen molar-refractivity contribution in [1.29, 1.82) is 0 Å². The summed E-state index contributed by atoms with van der Waals surface area (Å²) >= 11 is 1.68. The molecule has 198 valence electrons. The highest BCUT2D eigenvalue weighted by Gasteiger charge is 2.31. The summed E-state index contributed by atoms with van der Waals surface area (Å²) in [7, 11) is 6.50. The summed E-state index contributed by atoms with van der Waals surface area (Å²) in [5.41, 5.74) is 8.00. The number of hydrogen-bond acceptors (Lipinski definition) is 8. The lowest BCUT2D eigenvalue weighted by molar-refractivity contribution is -0.121. The molecule has 0 radical (unpaired) electrons. The van der Waals surface area contributed by atoms with Crippen LogP contribution in [0.4, 0.5) is 11.8 Å². The average molecular weight is 522 g/mol. The Bertz CT molecular complexity index is 1210. The zero-order chi connectivity index (χ0) is 25.9. The van der Waals surface area contributed by atoms with Gasteiger partial charge in [-0.3, -0.25) is 4.79 Å². The van der Waals surface area contributed by atoms with Crippen LogP contribution >= 0.6 is 11.3 Å². The number of benzene rings is 1. The third-order valence-electron chi connectivity index (χ3n) is 7.77. The van der Waals surface area contributed by atoms with Gasteiger partial charge in [0.2, 0.25) is 11.9 Å². The van der Waals surface area contributed by atoms with E-state index in [1.807, 2.05) is 0 Å². The fraction of sp³-hybridized carbons (Fsp3) is 0.536. The van der Waals surface area contributed by atoms with Gasteiger partial charge in [0.05, 0.1) is 11.3 Å². The molecule has 1 amide bonds. The summed E-state index contributed by atoms with van der Waals surface area (Å²) in [6, 6.07) is 10.5. The number of nitrogens with zero attached hydrogens (tertiary/aromatic N) is 6. The fourth-order valence-electron chi connectivity index (χ4n) is 5.52. The number of likely N-dealkylation sites (N-methyl/N-ethyl adjacent to an activating group) is 2. The van der Waals surface area contributed by atoms with Crippen LogP contribution in [0.1, 0.15) is 19.3 Å². The van der Waals surface area contributed by atoms with Crippen molar-refractivity contribution in [1.82, 2.24) is 19.8 Å². The van der Waals surface area contributed by atoms with Crippen molar-refractivity contribution in [2.75, 3.05) is 76.8 Å². The van der Waals surface area contributed by atoms with E-state index in [1.165, 1.54) is 11.1 Å². The van der Waals surface area contributed by atoms with Crippen LogP contribution in [-0.4, -0.2) is 92.6 Å². The van der Waals surface area contributed by atoms with Gasteiger partial charge in [0.25, 0.3) is 0 Å². The number of hydrogen-bond donors (Lipinski definition) is 1. The topological polar surface area (TPSA) is 81.8 Å². The van der Waals surface area contributed by atoms with E-state index in [-0.39, 0.29) is 11.8 Å². The summed E-state index contributed by atoms with van der Waals surface area (Å²) in [6.45, 7) is 6.67. The second-order valence-corrected chi connectivity index (χ2v) is 11.7. The molecule has 3 aromatic rings. The van der Waals surface area contributed by atoms with Gasteiger partial charge in [-0.2, -0.15) is 4.98 Å². The van der Waals surface area contributed by atoms with Crippen LogP contribution in [0.3, 0.4) is 0 Å². The van der Waals surface area contributed by atoms with E-state index in [1.54, 1.807) is 11.3 Å². The molecule has 8 nitrogen and oxygen atoms in total. The van der Waals surface area contributed by atoms with Crippen molar-refractivity contribution in [3.05, 3.63) is 35.7 Å². The third kappa shape index (κ3) is 5.89. The summed E-state index contributed by atoms with van der Waals surface area (Å²) in [6.07, 6.45) is 3.08. The van der Waals surface area contributed by atoms with E-state index in [0.29, 0.717) is 12.5 Å².